The summed E-state index contributed by atoms with van der Waals surface area (Å²) in [5, 5.41) is 7.03. The summed E-state index contributed by atoms with van der Waals surface area (Å²) in [5.41, 5.74) is 2.78. The number of aryl methyl sites for hydroxylation is 1. The highest BCUT2D eigenvalue weighted by atomic mass is 16.5. The molecule has 9 nitrogen and oxygen atoms in total. The van der Waals surface area contributed by atoms with Crippen molar-refractivity contribution in [2.45, 2.75) is 20.8 Å². The summed E-state index contributed by atoms with van der Waals surface area (Å²) in [6.07, 6.45) is 0. The fraction of sp³-hybridized carbons (Fsp3) is 0.273. The van der Waals surface area contributed by atoms with Gasteiger partial charge in [-0.05, 0) is 62.2 Å². The van der Waals surface area contributed by atoms with Crippen LogP contribution in [0.2, 0.25) is 0 Å². The molecule has 0 atom stereocenters. The Hall–Kier alpha value is -3.88. The summed E-state index contributed by atoms with van der Waals surface area (Å²) in [5.74, 6) is -1.46. The zero-order valence-corrected chi connectivity index (χ0v) is 17.6. The molecule has 9 heteroatoms. The molecule has 0 saturated heterocycles. The number of amides is 4. The number of esters is 1. The van der Waals surface area contributed by atoms with Crippen molar-refractivity contribution in [3.63, 3.8) is 0 Å². The van der Waals surface area contributed by atoms with E-state index in [0.29, 0.717) is 23.6 Å². The molecule has 0 heterocycles. The predicted octanol–water partition coefficient (Wildman–Crippen LogP) is 2.32. The van der Waals surface area contributed by atoms with Gasteiger partial charge in [-0.3, -0.25) is 19.7 Å². The Kier molecular flexibility index (Phi) is 8.56. The Morgan fingerprint density at radius 1 is 0.968 bits per heavy atom. The lowest BCUT2D eigenvalue weighted by molar-refractivity contribution is -0.147. The van der Waals surface area contributed by atoms with E-state index in [2.05, 4.69) is 16.0 Å². The molecule has 31 heavy (non-hydrogen) atoms. The molecule has 0 radical (unpaired) electrons. The number of hydrogen-bond donors (Lipinski definition) is 3. The first kappa shape index (κ1) is 23.4. The molecule has 2 aromatic rings. The number of nitrogens with one attached hydrogen (secondary N) is 3. The van der Waals surface area contributed by atoms with Crippen molar-refractivity contribution in [2.24, 2.45) is 0 Å². The highest BCUT2D eigenvalue weighted by Gasteiger charge is 2.13. The highest BCUT2D eigenvalue weighted by molar-refractivity contribution is 6.02. The van der Waals surface area contributed by atoms with Crippen LogP contribution in [0, 0.1) is 13.8 Å². The third kappa shape index (κ3) is 7.46. The Bertz CT molecular complexity index is 956. The van der Waals surface area contributed by atoms with E-state index in [-0.39, 0.29) is 0 Å². The smallest absolute Gasteiger partial charge is 0.325 e. The summed E-state index contributed by atoms with van der Waals surface area (Å²) in [6.45, 7) is 5.03. The van der Waals surface area contributed by atoms with Crippen LogP contribution in [0.5, 0.6) is 5.75 Å². The Balaban J connectivity index is 1.71. The van der Waals surface area contributed by atoms with E-state index in [1.54, 1.807) is 36.4 Å². The molecule has 0 spiro atoms. The molecule has 0 aromatic heterocycles. The van der Waals surface area contributed by atoms with Crippen LogP contribution >= 0.6 is 0 Å². The fourth-order valence-electron chi connectivity index (χ4n) is 2.52. The average molecular weight is 427 g/mol. The van der Waals surface area contributed by atoms with Crippen LogP contribution in [0.3, 0.4) is 0 Å². The van der Waals surface area contributed by atoms with Gasteiger partial charge in [-0.15, -0.1) is 0 Å². The maximum atomic E-state index is 12.0. The van der Waals surface area contributed by atoms with Crippen molar-refractivity contribution in [1.82, 2.24) is 10.6 Å². The molecular weight excluding hydrogens is 402 g/mol. The lowest BCUT2D eigenvalue weighted by Crippen LogP contribution is -2.38. The number of benzene rings is 2. The number of ether oxygens (including phenoxy) is 2. The van der Waals surface area contributed by atoms with Crippen LogP contribution in [0.15, 0.2) is 42.5 Å². The summed E-state index contributed by atoms with van der Waals surface area (Å²) < 4.78 is 10.1. The number of anilines is 1. The van der Waals surface area contributed by atoms with E-state index in [1.807, 2.05) is 26.8 Å². The maximum Gasteiger partial charge on any atom is 0.325 e. The second-order valence-corrected chi connectivity index (χ2v) is 6.55. The number of imide groups is 1. The molecule has 0 aliphatic carbocycles. The largest absolute Gasteiger partial charge is 0.494 e. The average Bonchev–Trinajstić information content (AvgIpc) is 2.74. The molecule has 4 amide bonds. The maximum absolute atomic E-state index is 12.0. The molecule has 0 saturated carbocycles. The predicted molar refractivity (Wildman–Crippen MR) is 114 cm³/mol. The Morgan fingerprint density at radius 3 is 2.35 bits per heavy atom. The van der Waals surface area contributed by atoms with E-state index < -0.39 is 37.0 Å². The second kappa shape index (κ2) is 11.3. The van der Waals surface area contributed by atoms with Gasteiger partial charge >= 0.3 is 12.0 Å². The van der Waals surface area contributed by atoms with Crippen molar-refractivity contribution < 1.29 is 28.7 Å². The number of carbonyl (C=O) groups is 4. The molecule has 0 aliphatic heterocycles. The molecule has 2 aromatic carbocycles. The monoisotopic (exact) mass is 427 g/mol. The van der Waals surface area contributed by atoms with E-state index in [9.17, 15) is 19.2 Å². The van der Waals surface area contributed by atoms with Gasteiger partial charge in [-0.25, -0.2) is 4.79 Å². The first-order chi connectivity index (χ1) is 14.8. The van der Waals surface area contributed by atoms with E-state index >= 15 is 0 Å². The van der Waals surface area contributed by atoms with Crippen LogP contribution in [-0.4, -0.2) is 43.6 Å². The molecular formula is C22H25N3O6. The van der Waals surface area contributed by atoms with Gasteiger partial charge in [0.05, 0.1) is 6.61 Å². The summed E-state index contributed by atoms with van der Waals surface area (Å²) in [7, 11) is 0. The lowest BCUT2D eigenvalue weighted by atomic mass is 10.1. The number of rotatable bonds is 8. The minimum atomic E-state index is -0.815. The van der Waals surface area contributed by atoms with Gasteiger partial charge in [-0.2, -0.15) is 0 Å². The summed E-state index contributed by atoms with van der Waals surface area (Å²) in [6, 6.07) is 11.1. The second-order valence-electron chi connectivity index (χ2n) is 6.55. The van der Waals surface area contributed by atoms with Crippen molar-refractivity contribution in [1.29, 1.82) is 0 Å². The van der Waals surface area contributed by atoms with Crippen LogP contribution in [0.4, 0.5) is 10.5 Å². The van der Waals surface area contributed by atoms with Crippen LogP contribution in [0.1, 0.15) is 28.4 Å². The Labute approximate surface area is 180 Å². The SMILES string of the molecule is CCOc1ccc(C(=O)NCC(=O)OCC(=O)NC(=O)Nc2cccc(C)c2C)cc1. The van der Waals surface area contributed by atoms with Gasteiger partial charge < -0.3 is 20.1 Å². The third-order valence-corrected chi connectivity index (χ3v) is 4.29. The molecule has 0 unspecified atom stereocenters. The van der Waals surface area contributed by atoms with Gasteiger partial charge in [0.15, 0.2) is 6.61 Å². The lowest BCUT2D eigenvalue weighted by Gasteiger charge is -2.11. The topological polar surface area (TPSA) is 123 Å². The summed E-state index contributed by atoms with van der Waals surface area (Å²) >= 11 is 0. The number of urea groups is 1. The van der Waals surface area contributed by atoms with E-state index in [4.69, 9.17) is 9.47 Å². The molecule has 0 bridgehead atoms. The molecule has 0 fully saturated rings. The van der Waals surface area contributed by atoms with E-state index in [1.165, 1.54) is 0 Å². The molecule has 2 rings (SSSR count). The number of carbonyl (C=O) groups excluding carboxylic acids is 4. The minimum absolute atomic E-state index is 0.345. The molecule has 0 aliphatic rings. The summed E-state index contributed by atoms with van der Waals surface area (Å²) in [4.78, 5) is 47.5. The van der Waals surface area contributed by atoms with E-state index in [0.717, 1.165) is 11.1 Å². The van der Waals surface area contributed by atoms with Crippen molar-refractivity contribution in [3.8, 4) is 5.75 Å². The van der Waals surface area contributed by atoms with Gasteiger partial charge in [0.2, 0.25) is 0 Å². The van der Waals surface area contributed by atoms with Gasteiger partial charge in [0, 0.05) is 11.3 Å². The standard InChI is InChI=1S/C22H25N3O6/c1-4-30-17-10-8-16(9-11-17)21(28)23-12-20(27)31-13-19(26)25-22(29)24-18-7-5-6-14(2)15(18)3/h5-11H,4,12-13H2,1-3H3,(H,23,28)(H2,24,25,26,29). The van der Waals surface area contributed by atoms with Crippen LogP contribution in [-0.2, 0) is 14.3 Å². The third-order valence-electron chi connectivity index (χ3n) is 4.29. The zero-order chi connectivity index (χ0) is 22.8. The number of hydrogen-bond acceptors (Lipinski definition) is 6. The Morgan fingerprint density at radius 2 is 1.68 bits per heavy atom. The minimum Gasteiger partial charge on any atom is -0.494 e. The first-order valence-electron chi connectivity index (χ1n) is 9.64. The van der Waals surface area contributed by atoms with Gasteiger partial charge in [0.25, 0.3) is 11.8 Å². The van der Waals surface area contributed by atoms with Crippen molar-refractivity contribution >= 4 is 29.5 Å². The normalized spacial score (nSPS) is 10.0. The van der Waals surface area contributed by atoms with Crippen LogP contribution < -0.4 is 20.7 Å². The first-order valence-corrected chi connectivity index (χ1v) is 9.64. The molecule has 164 valence electrons. The molecule has 3 N–H and O–H groups in total. The quantitative estimate of drug-likeness (QED) is 0.556. The van der Waals surface area contributed by atoms with Gasteiger partial charge in [-0.1, -0.05) is 12.1 Å². The van der Waals surface area contributed by atoms with Gasteiger partial charge in [0.1, 0.15) is 12.3 Å². The fourth-order valence-corrected chi connectivity index (χ4v) is 2.52. The van der Waals surface area contributed by atoms with Crippen LogP contribution in [0.25, 0.3) is 0 Å². The van der Waals surface area contributed by atoms with Crippen molar-refractivity contribution in [3.05, 3.63) is 59.2 Å². The highest BCUT2D eigenvalue weighted by Crippen LogP contribution is 2.17. The zero-order valence-electron chi connectivity index (χ0n) is 17.6. The van der Waals surface area contributed by atoms with Crippen molar-refractivity contribution in [2.75, 3.05) is 25.1 Å².